The zero-order valence-corrected chi connectivity index (χ0v) is 17.9. The Balaban J connectivity index is 1.38. The van der Waals surface area contributed by atoms with Crippen LogP contribution in [0.1, 0.15) is 51.1 Å². The Morgan fingerprint density at radius 3 is 2.86 bits per heavy atom. The van der Waals surface area contributed by atoms with Crippen molar-refractivity contribution in [3.63, 3.8) is 0 Å². The molecule has 0 spiro atoms. The van der Waals surface area contributed by atoms with E-state index in [0.717, 1.165) is 52.3 Å². The van der Waals surface area contributed by atoms with Gasteiger partial charge in [0.05, 0.1) is 5.39 Å². The molecule has 2 bridgehead atoms. The van der Waals surface area contributed by atoms with Crippen molar-refractivity contribution in [3.8, 4) is 0 Å². The standard InChI is InChI=1S/C21H29N7S/c1-12-4-3-5-14-10-16(22-14)11-15(8-12)23-21-25-19(17-6-7-29-20(17)26-21)24-18-9-13(2)27-28-18/h6-7,9,12,14-16,22H,3-5,8,10-11H2,1-2H3,(H3,23,24,25,26,27,28). The normalized spacial score (nSPS) is 27.4. The molecule has 29 heavy (non-hydrogen) atoms. The first-order valence-corrected chi connectivity index (χ1v) is 11.6. The van der Waals surface area contributed by atoms with E-state index in [0.29, 0.717) is 18.0 Å². The molecule has 3 aliphatic rings. The topological polar surface area (TPSA) is 90.6 Å². The van der Waals surface area contributed by atoms with Gasteiger partial charge in [-0.1, -0.05) is 19.8 Å². The van der Waals surface area contributed by atoms with Crippen LogP contribution >= 0.6 is 11.3 Å². The third-order valence-electron chi connectivity index (χ3n) is 6.16. The highest BCUT2D eigenvalue weighted by molar-refractivity contribution is 7.16. The van der Waals surface area contributed by atoms with Gasteiger partial charge in [-0.05, 0) is 50.0 Å². The molecule has 4 N–H and O–H groups in total. The number of rotatable bonds is 4. The second kappa shape index (κ2) is 7.91. The Labute approximate surface area is 175 Å². The summed E-state index contributed by atoms with van der Waals surface area (Å²) in [5, 5.41) is 21.1. The van der Waals surface area contributed by atoms with E-state index in [1.165, 1.54) is 25.7 Å². The molecule has 4 atom stereocenters. The highest BCUT2D eigenvalue weighted by Crippen LogP contribution is 2.31. The van der Waals surface area contributed by atoms with E-state index >= 15 is 0 Å². The van der Waals surface area contributed by atoms with E-state index in [4.69, 9.17) is 9.97 Å². The maximum atomic E-state index is 4.83. The van der Waals surface area contributed by atoms with Gasteiger partial charge >= 0.3 is 0 Å². The van der Waals surface area contributed by atoms with E-state index in [2.05, 4.69) is 44.5 Å². The lowest BCUT2D eigenvalue weighted by molar-refractivity contribution is 0.206. The monoisotopic (exact) mass is 411 g/mol. The minimum atomic E-state index is 0.388. The van der Waals surface area contributed by atoms with Crippen LogP contribution in [0.25, 0.3) is 10.2 Å². The molecule has 0 amide bonds. The fourth-order valence-electron chi connectivity index (χ4n) is 4.69. The summed E-state index contributed by atoms with van der Waals surface area (Å²) in [4.78, 5) is 10.6. The SMILES string of the molecule is Cc1cc(Nc2nc(NC3CC(C)CCCC4CC(C3)N4)nc3sccc23)n[nH]1. The van der Waals surface area contributed by atoms with Crippen LogP contribution < -0.4 is 16.0 Å². The van der Waals surface area contributed by atoms with E-state index < -0.39 is 0 Å². The van der Waals surface area contributed by atoms with Crippen LogP contribution in [0.15, 0.2) is 17.5 Å². The molecule has 3 aromatic heterocycles. The highest BCUT2D eigenvalue weighted by Gasteiger charge is 2.31. The number of thiophene rings is 1. The Hall–Kier alpha value is -2.19. The van der Waals surface area contributed by atoms with Crippen molar-refractivity contribution >= 4 is 39.1 Å². The number of aryl methyl sites for hydroxylation is 1. The first-order chi connectivity index (χ1) is 14.1. The predicted octanol–water partition coefficient (Wildman–Crippen LogP) is 4.58. The van der Waals surface area contributed by atoms with Crippen LogP contribution in [0.5, 0.6) is 0 Å². The van der Waals surface area contributed by atoms with Gasteiger partial charge in [-0.2, -0.15) is 10.1 Å². The zero-order valence-electron chi connectivity index (χ0n) is 17.0. The van der Waals surface area contributed by atoms with Crippen LogP contribution in [-0.4, -0.2) is 38.3 Å². The van der Waals surface area contributed by atoms with E-state index in [1.807, 2.05) is 13.0 Å². The first-order valence-electron chi connectivity index (χ1n) is 10.7. The molecule has 3 aromatic rings. The Morgan fingerprint density at radius 2 is 2.03 bits per heavy atom. The molecule has 6 rings (SSSR count). The van der Waals surface area contributed by atoms with Gasteiger partial charge in [-0.15, -0.1) is 11.3 Å². The lowest BCUT2D eigenvalue weighted by Gasteiger charge is -2.41. The minimum Gasteiger partial charge on any atom is -0.351 e. The Bertz CT molecular complexity index is 970. The number of nitrogens with one attached hydrogen (secondary N) is 4. The van der Waals surface area contributed by atoms with Crippen LogP contribution in [0, 0.1) is 12.8 Å². The predicted molar refractivity (Wildman–Crippen MR) is 119 cm³/mol. The van der Waals surface area contributed by atoms with Crippen molar-refractivity contribution in [2.75, 3.05) is 10.6 Å². The van der Waals surface area contributed by atoms with Gasteiger partial charge in [0.15, 0.2) is 5.82 Å². The summed E-state index contributed by atoms with van der Waals surface area (Å²) in [5.74, 6) is 3.01. The average molecular weight is 412 g/mol. The van der Waals surface area contributed by atoms with Gasteiger partial charge < -0.3 is 16.0 Å². The van der Waals surface area contributed by atoms with Gasteiger partial charge in [0.25, 0.3) is 0 Å². The third-order valence-corrected chi connectivity index (χ3v) is 6.96. The van der Waals surface area contributed by atoms with Gasteiger partial charge in [-0.25, -0.2) is 4.98 Å². The van der Waals surface area contributed by atoms with Crippen LogP contribution in [0.2, 0.25) is 0 Å². The molecular formula is C21H29N7S. The van der Waals surface area contributed by atoms with Crippen LogP contribution in [0.4, 0.5) is 17.6 Å². The quantitative estimate of drug-likeness (QED) is 0.502. The summed E-state index contributed by atoms with van der Waals surface area (Å²) in [6.45, 7) is 4.37. The van der Waals surface area contributed by atoms with Crippen molar-refractivity contribution in [1.82, 2.24) is 25.5 Å². The molecule has 5 heterocycles. The van der Waals surface area contributed by atoms with Crippen molar-refractivity contribution in [2.45, 2.75) is 70.5 Å². The van der Waals surface area contributed by atoms with Crippen molar-refractivity contribution in [2.24, 2.45) is 5.92 Å². The lowest BCUT2D eigenvalue weighted by atomic mass is 9.82. The molecule has 7 nitrogen and oxygen atoms in total. The molecule has 0 radical (unpaired) electrons. The van der Waals surface area contributed by atoms with E-state index in [-0.39, 0.29) is 0 Å². The summed E-state index contributed by atoms with van der Waals surface area (Å²) < 4.78 is 0. The van der Waals surface area contributed by atoms with Gasteiger partial charge in [0.1, 0.15) is 10.6 Å². The molecule has 4 unspecified atom stereocenters. The minimum absolute atomic E-state index is 0.388. The second-order valence-electron chi connectivity index (χ2n) is 8.74. The number of anilines is 3. The van der Waals surface area contributed by atoms with E-state index in [9.17, 15) is 0 Å². The number of H-pyrrole nitrogens is 1. The van der Waals surface area contributed by atoms with Gasteiger partial charge in [0, 0.05) is 29.9 Å². The molecule has 1 saturated carbocycles. The van der Waals surface area contributed by atoms with Crippen LogP contribution in [0.3, 0.4) is 0 Å². The fraction of sp³-hybridized carbons (Fsp3) is 0.571. The third kappa shape index (κ3) is 4.23. The second-order valence-corrected chi connectivity index (χ2v) is 9.64. The molecule has 3 fully saturated rings. The van der Waals surface area contributed by atoms with Crippen molar-refractivity contribution in [3.05, 3.63) is 23.2 Å². The Kier molecular flexibility index (Phi) is 5.13. The number of aromatic nitrogens is 4. The van der Waals surface area contributed by atoms with E-state index in [1.54, 1.807) is 11.3 Å². The maximum absolute atomic E-state index is 4.83. The summed E-state index contributed by atoms with van der Waals surface area (Å²) in [6, 6.07) is 5.79. The smallest absolute Gasteiger partial charge is 0.226 e. The van der Waals surface area contributed by atoms with Crippen LogP contribution in [-0.2, 0) is 0 Å². The number of hydrogen-bond acceptors (Lipinski definition) is 7. The number of nitrogens with zero attached hydrogens (tertiary/aromatic N) is 3. The summed E-state index contributed by atoms with van der Waals surface area (Å²) >= 11 is 1.64. The Morgan fingerprint density at radius 1 is 1.14 bits per heavy atom. The molecule has 2 saturated heterocycles. The summed E-state index contributed by atoms with van der Waals surface area (Å²) in [6.07, 6.45) is 7.57. The van der Waals surface area contributed by atoms with Gasteiger partial charge in [-0.3, -0.25) is 5.10 Å². The number of aromatic amines is 1. The average Bonchev–Trinajstić information content (AvgIpc) is 3.28. The van der Waals surface area contributed by atoms with Crippen molar-refractivity contribution < 1.29 is 0 Å². The van der Waals surface area contributed by atoms with Gasteiger partial charge in [0.2, 0.25) is 5.95 Å². The number of fused-ring (bicyclic) bond motifs is 7. The number of hydrogen-bond donors (Lipinski definition) is 4. The lowest BCUT2D eigenvalue weighted by Crippen LogP contribution is -2.54. The molecule has 2 aliphatic heterocycles. The molecular weight excluding hydrogens is 382 g/mol. The highest BCUT2D eigenvalue weighted by atomic mass is 32.1. The molecule has 154 valence electrons. The zero-order chi connectivity index (χ0) is 19.8. The summed E-state index contributed by atoms with van der Waals surface area (Å²) in [5.41, 5.74) is 1.02. The first kappa shape index (κ1) is 18.8. The molecule has 1 aliphatic carbocycles. The molecule has 8 heteroatoms. The fourth-order valence-corrected chi connectivity index (χ4v) is 5.46. The molecule has 0 aromatic carbocycles. The summed E-state index contributed by atoms with van der Waals surface area (Å²) in [7, 11) is 0. The maximum Gasteiger partial charge on any atom is 0.226 e. The largest absolute Gasteiger partial charge is 0.351 e. The van der Waals surface area contributed by atoms with Crippen molar-refractivity contribution in [1.29, 1.82) is 0 Å².